The third kappa shape index (κ3) is 1.20. The van der Waals surface area contributed by atoms with Gasteiger partial charge in [-0.25, -0.2) is 9.97 Å². The van der Waals surface area contributed by atoms with Crippen molar-refractivity contribution in [3.05, 3.63) is 18.2 Å². The molecule has 0 aliphatic heterocycles. The number of aryl methyl sites for hydroxylation is 1. The van der Waals surface area contributed by atoms with Gasteiger partial charge < -0.3 is 10.3 Å². The first-order valence-electron chi connectivity index (χ1n) is 4.13. The molecule has 0 amide bonds. The summed E-state index contributed by atoms with van der Waals surface area (Å²) in [6, 6.07) is 0. The fourth-order valence-corrected chi connectivity index (χ4v) is 1.13. The largest absolute Gasteiger partial charge is 0.382 e. The van der Waals surface area contributed by atoms with Crippen LogP contribution in [0.1, 0.15) is 5.82 Å². The molecule has 0 bridgehead atoms. The van der Waals surface area contributed by atoms with E-state index < -0.39 is 0 Å². The lowest BCUT2D eigenvalue weighted by atomic mass is 10.4. The highest BCUT2D eigenvalue weighted by molar-refractivity contribution is 5.62. The molecule has 72 valence electrons. The van der Waals surface area contributed by atoms with Crippen molar-refractivity contribution < 1.29 is 0 Å². The van der Waals surface area contributed by atoms with Crippen LogP contribution in [-0.4, -0.2) is 24.7 Å². The van der Waals surface area contributed by atoms with Crippen molar-refractivity contribution in [2.24, 2.45) is 7.05 Å². The number of nitrogens with zero attached hydrogens (tertiary/aromatic N) is 5. The van der Waals surface area contributed by atoms with Crippen LogP contribution in [0.4, 0.5) is 5.82 Å². The van der Waals surface area contributed by atoms with Crippen molar-refractivity contribution in [1.29, 1.82) is 0 Å². The zero-order valence-corrected chi connectivity index (χ0v) is 7.97. The van der Waals surface area contributed by atoms with E-state index in [2.05, 4.69) is 20.2 Å². The summed E-state index contributed by atoms with van der Waals surface area (Å²) in [6.07, 6.45) is 3.12. The Bertz CT molecular complexity index is 461. The molecular weight excluding hydrogens is 180 g/mol. The lowest BCUT2D eigenvalue weighted by Crippen LogP contribution is -2.01. The SMILES string of the molecule is Cc1nnc(-c2nccnc2N)n1C. The maximum atomic E-state index is 5.68. The Morgan fingerprint density at radius 1 is 1.21 bits per heavy atom. The molecule has 0 spiro atoms. The molecule has 0 saturated carbocycles. The van der Waals surface area contributed by atoms with Gasteiger partial charge in [-0.3, -0.25) is 0 Å². The van der Waals surface area contributed by atoms with E-state index in [0.29, 0.717) is 17.3 Å². The lowest BCUT2D eigenvalue weighted by Gasteiger charge is -2.02. The van der Waals surface area contributed by atoms with Crippen molar-refractivity contribution in [3.63, 3.8) is 0 Å². The van der Waals surface area contributed by atoms with E-state index in [1.165, 1.54) is 0 Å². The van der Waals surface area contributed by atoms with Crippen molar-refractivity contribution in [2.75, 3.05) is 5.73 Å². The smallest absolute Gasteiger partial charge is 0.186 e. The molecule has 0 atom stereocenters. The lowest BCUT2D eigenvalue weighted by molar-refractivity contribution is 0.861. The van der Waals surface area contributed by atoms with Crippen LogP contribution in [0.15, 0.2) is 12.4 Å². The molecule has 2 heterocycles. The second-order valence-corrected chi connectivity index (χ2v) is 2.92. The minimum absolute atomic E-state index is 0.364. The molecular formula is C8H10N6. The molecule has 2 N–H and O–H groups in total. The third-order valence-electron chi connectivity index (χ3n) is 2.03. The average molecular weight is 190 g/mol. The van der Waals surface area contributed by atoms with E-state index in [0.717, 1.165) is 5.82 Å². The molecule has 2 aromatic rings. The first-order chi connectivity index (χ1) is 6.70. The van der Waals surface area contributed by atoms with Crippen molar-refractivity contribution in [3.8, 4) is 11.5 Å². The van der Waals surface area contributed by atoms with Gasteiger partial charge in [0.05, 0.1) is 0 Å². The second-order valence-electron chi connectivity index (χ2n) is 2.92. The monoisotopic (exact) mass is 190 g/mol. The van der Waals surface area contributed by atoms with Crippen LogP contribution in [0, 0.1) is 6.92 Å². The predicted octanol–water partition coefficient (Wildman–Crippen LogP) is 0.163. The Labute approximate surface area is 80.8 Å². The van der Waals surface area contributed by atoms with Crippen LogP contribution in [0.2, 0.25) is 0 Å². The van der Waals surface area contributed by atoms with Gasteiger partial charge in [-0.2, -0.15) is 0 Å². The minimum Gasteiger partial charge on any atom is -0.382 e. The van der Waals surface area contributed by atoms with E-state index in [9.17, 15) is 0 Å². The van der Waals surface area contributed by atoms with Gasteiger partial charge in [0.1, 0.15) is 11.5 Å². The van der Waals surface area contributed by atoms with Crippen LogP contribution in [0.25, 0.3) is 11.5 Å². The van der Waals surface area contributed by atoms with Gasteiger partial charge >= 0.3 is 0 Å². The molecule has 6 nitrogen and oxygen atoms in total. The van der Waals surface area contributed by atoms with Crippen LogP contribution in [-0.2, 0) is 7.05 Å². The summed E-state index contributed by atoms with van der Waals surface area (Å²) >= 11 is 0. The Morgan fingerprint density at radius 3 is 2.50 bits per heavy atom. The molecule has 0 aliphatic rings. The molecule has 0 radical (unpaired) electrons. The quantitative estimate of drug-likeness (QED) is 0.692. The van der Waals surface area contributed by atoms with Gasteiger partial charge in [-0.05, 0) is 6.92 Å². The van der Waals surface area contributed by atoms with Crippen LogP contribution < -0.4 is 5.73 Å². The maximum absolute atomic E-state index is 5.68. The number of hydrogen-bond acceptors (Lipinski definition) is 5. The van der Waals surface area contributed by atoms with Crippen LogP contribution in [0.5, 0.6) is 0 Å². The van der Waals surface area contributed by atoms with Gasteiger partial charge in [-0.15, -0.1) is 10.2 Å². The maximum Gasteiger partial charge on any atom is 0.186 e. The predicted molar refractivity (Wildman–Crippen MR) is 51.2 cm³/mol. The standard InChI is InChI=1S/C8H10N6/c1-5-12-13-8(14(5)2)6-7(9)11-4-3-10-6/h3-4H,1-2H3,(H2,9,11). The Balaban J connectivity index is 2.60. The van der Waals surface area contributed by atoms with Crippen molar-refractivity contribution >= 4 is 5.82 Å². The molecule has 0 aliphatic carbocycles. The van der Waals surface area contributed by atoms with Crippen molar-refractivity contribution in [1.82, 2.24) is 24.7 Å². The van der Waals surface area contributed by atoms with Gasteiger partial charge in [0.2, 0.25) is 0 Å². The fourth-order valence-electron chi connectivity index (χ4n) is 1.13. The first-order valence-corrected chi connectivity index (χ1v) is 4.13. The number of nitrogen functional groups attached to an aromatic ring is 1. The van der Waals surface area contributed by atoms with Crippen LogP contribution in [0.3, 0.4) is 0 Å². The van der Waals surface area contributed by atoms with Gasteiger partial charge in [0, 0.05) is 19.4 Å². The Hall–Kier alpha value is -1.98. The second kappa shape index (κ2) is 3.06. The van der Waals surface area contributed by atoms with Gasteiger partial charge in [0.25, 0.3) is 0 Å². The van der Waals surface area contributed by atoms with Gasteiger partial charge in [-0.1, -0.05) is 0 Å². The topological polar surface area (TPSA) is 82.5 Å². The molecule has 0 unspecified atom stereocenters. The molecule has 6 heteroatoms. The number of rotatable bonds is 1. The van der Waals surface area contributed by atoms with E-state index in [1.54, 1.807) is 12.4 Å². The molecule has 0 fully saturated rings. The first kappa shape index (κ1) is 8.61. The summed E-state index contributed by atoms with van der Waals surface area (Å²) in [7, 11) is 1.86. The summed E-state index contributed by atoms with van der Waals surface area (Å²) in [4.78, 5) is 8.05. The minimum atomic E-state index is 0.364. The fraction of sp³-hybridized carbons (Fsp3) is 0.250. The number of aromatic nitrogens is 5. The molecule has 2 aromatic heterocycles. The summed E-state index contributed by atoms with van der Waals surface area (Å²) in [5.41, 5.74) is 6.24. The van der Waals surface area contributed by atoms with Gasteiger partial charge in [0.15, 0.2) is 11.6 Å². The summed E-state index contributed by atoms with van der Waals surface area (Å²) in [5.74, 6) is 1.81. The van der Waals surface area contributed by atoms with E-state index in [1.807, 2.05) is 18.5 Å². The highest BCUT2D eigenvalue weighted by Gasteiger charge is 2.12. The number of nitrogens with two attached hydrogens (primary N) is 1. The van der Waals surface area contributed by atoms with E-state index in [-0.39, 0.29) is 0 Å². The molecule has 2 rings (SSSR count). The summed E-state index contributed by atoms with van der Waals surface area (Å²) < 4.78 is 1.82. The molecule has 0 aromatic carbocycles. The Morgan fingerprint density at radius 2 is 1.93 bits per heavy atom. The van der Waals surface area contributed by atoms with E-state index in [4.69, 9.17) is 5.73 Å². The molecule has 0 saturated heterocycles. The zero-order chi connectivity index (χ0) is 10.1. The Kier molecular flexibility index (Phi) is 1.88. The number of anilines is 1. The van der Waals surface area contributed by atoms with Crippen LogP contribution >= 0.6 is 0 Å². The van der Waals surface area contributed by atoms with E-state index >= 15 is 0 Å². The highest BCUT2D eigenvalue weighted by atomic mass is 15.3. The molecule has 14 heavy (non-hydrogen) atoms. The normalized spacial score (nSPS) is 10.4. The number of hydrogen-bond donors (Lipinski definition) is 1. The summed E-state index contributed by atoms with van der Waals surface area (Å²) in [6.45, 7) is 1.86. The summed E-state index contributed by atoms with van der Waals surface area (Å²) in [5, 5.41) is 7.90. The highest BCUT2D eigenvalue weighted by Crippen LogP contribution is 2.18. The third-order valence-corrected chi connectivity index (χ3v) is 2.03. The van der Waals surface area contributed by atoms with Crippen molar-refractivity contribution in [2.45, 2.75) is 6.92 Å². The average Bonchev–Trinajstić information content (AvgIpc) is 2.49. The zero-order valence-electron chi connectivity index (χ0n) is 7.97.